The van der Waals surface area contributed by atoms with Crippen LogP contribution in [0.2, 0.25) is 0 Å². The number of unbranched alkanes of at least 4 members (excludes halogenated alkanes) is 6. The molecule has 0 radical (unpaired) electrons. The molecule has 9 heteroatoms. The van der Waals surface area contributed by atoms with E-state index < -0.39 is 75.0 Å². The van der Waals surface area contributed by atoms with Gasteiger partial charge in [-0.3, -0.25) is 14.4 Å². The molecule has 0 aromatic carbocycles. The van der Waals surface area contributed by atoms with E-state index in [4.69, 9.17) is 4.74 Å². The molecule has 5 nitrogen and oxygen atoms in total. The van der Waals surface area contributed by atoms with E-state index in [9.17, 15) is 23.9 Å². The molecule has 230 valence electrons. The lowest BCUT2D eigenvalue weighted by Crippen LogP contribution is -2.70. The Hall–Kier alpha value is -1.61. The number of thioether (sulfide) groups is 1. The summed E-state index contributed by atoms with van der Waals surface area (Å²) in [4.78, 5) is 39.0. The van der Waals surface area contributed by atoms with Crippen LogP contribution in [0.4, 0.5) is 13.2 Å². The van der Waals surface area contributed by atoms with Crippen molar-refractivity contribution in [1.29, 1.82) is 0 Å². The van der Waals surface area contributed by atoms with Gasteiger partial charge in [0.05, 0.1) is 6.10 Å². The van der Waals surface area contributed by atoms with E-state index in [0.717, 1.165) is 38.2 Å². The summed E-state index contributed by atoms with van der Waals surface area (Å²) in [7, 11) is 0. The highest BCUT2D eigenvalue weighted by Crippen LogP contribution is 2.72. The normalized spacial score (nSPS) is 41.3. The molecule has 0 saturated heterocycles. The molecule has 0 unspecified atom stereocenters. The molecule has 4 aliphatic rings. The van der Waals surface area contributed by atoms with Crippen LogP contribution in [0, 0.1) is 28.6 Å². The van der Waals surface area contributed by atoms with Gasteiger partial charge in [-0.2, -0.15) is 0 Å². The van der Waals surface area contributed by atoms with Crippen LogP contribution in [0.15, 0.2) is 23.8 Å². The summed E-state index contributed by atoms with van der Waals surface area (Å²) in [6.07, 6.45) is 7.36. The van der Waals surface area contributed by atoms with Crippen molar-refractivity contribution in [2.75, 3.05) is 6.01 Å². The van der Waals surface area contributed by atoms with Crippen molar-refractivity contribution in [3.05, 3.63) is 23.8 Å². The Morgan fingerprint density at radius 3 is 2.41 bits per heavy atom. The minimum absolute atomic E-state index is 0.0221. The Morgan fingerprint density at radius 1 is 1.10 bits per heavy atom. The molecule has 0 spiro atoms. The van der Waals surface area contributed by atoms with Gasteiger partial charge in [-0.05, 0) is 68.0 Å². The maximum absolute atomic E-state index is 17.5. The number of carbonyl (C=O) groups excluding carboxylic acids is 3. The Balaban J connectivity index is 1.64. The Morgan fingerprint density at radius 2 is 1.76 bits per heavy atom. The topological polar surface area (TPSA) is 80.7 Å². The van der Waals surface area contributed by atoms with Gasteiger partial charge >= 0.3 is 5.97 Å². The van der Waals surface area contributed by atoms with Crippen LogP contribution < -0.4 is 0 Å². The lowest BCUT2D eigenvalue weighted by Gasteiger charge is -2.63. The van der Waals surface area contributed by atoms with Gasteiger partial charge in [0.2, 0.25) is 5.12 Å². The predicted octanol–water partition coefficient (Wildman–Crippen LogP) is 7.16. The van der Waals surface area contributed by atoms with Gasteiger partial charge in [-0.15, -0.1) is 0 Å². The number of hydrogen-bond donors (Lipinski definition) is 1. The molecule has 0 bridgehead atoms. The fourth-order valence-corrected chi connectivity index (χ4v) is 9.62. The van der Waals surface area contributed by atoms with Gasteiger partial charge in [-0.1, -0.05) is 65.4 Å². The van der Waals surface area contributed by atoms with E-state index in [1.807, 2.05) is 0 Å². The van der Waals surface area contributed by atoms with Gasteiger partial charge in [0, 0.05) is 29.1 Å². The first-order valence-corrected chi connectivity index (χ1v) is 16.2. The molecular weight excluding hydrogens is 553 g/mol. The SMILES string of the molecule is CCCCCCCCCC(=O)O[C@]1(C(=O)SCF)[C@H](C)C[C@H]2[C@@H]3C[C@H](F)C4=CC(=O)C=C[C@]4(C)[C@@]3(F)[C@@H](O)C[C@@]21C. The summed E-state index contributed by atoms with van der Waals surface area (Å²) in [5, 5.41) is 10.9. The largest absolute Gasteiger partial charge is 0.449 e. The molecule has 0 aromatic rings. The van der Waals surface area contributed by atoms with Gasteiger partial charge in [0.25, 0.3) is 0 Å². The summed E-state index contributed by atoms with van der Waals surface area (Å²) < 4.78 is 52.9. The first kappa shape index (κ1) is 32.3. The van der Waals surface area contributed by atoms with Crippen LogP contribution in [0.1, 0.15) is 98.3 Å². The monoisotopic (exact) mass is 598 g/mol. The summed E-state index contributed by atoms with van der Waals surface area (Å²) in [5.74, 6) is -3.22. The molecule has 3 saturated carbocycles. The van der Waals surface area contributed by atoms with Crippen molar-refractivity contribution >= 4 is 28.6 Å². The third-order valence-electron chi connectivity index (χ3n) is 10.9. The van der Waals surface area contributed by atoms with Crippen LogP contribution in [0.5, 0.6) is 0 Å². The first-order chi connectivity index (χ1) is 19.3. The van der Waals surface area contributed by atoms with Crippen LogP contribution in [0.3, 0.4) is 0 Å². The van der Waals surface area contributed by atoms with Crippen molar-refractivity contribution < 1.29 is 37.4 Å². The van der Waals surface area contributed by atoms with Crippen LogP contribution in [0.25, 0.3) is 0 Å². The van der Waals surface area contributed by atoms with E-state index in [2.05, 4.69) is 6.92 Å². The quantitative estimate of drug-likeness (QED) is 0.201. The minimum Gasteiger partial charge on any atom is -0.449 e. The zero-order chi connectivity index (χ0) is 30.2. The Kier molecular flexibility index (Phi) is 9.59. The maximum atomic E-state index is 17.5. The van der Waals surface area contributed by atoms with E-state index in [1.54, 1.807) is 13.8 Å². The van der Waals surface area contributed by atoms with Crippen LogP contribution >= 0.6 is 11.8 Å². The average molecular weight is 599 g/mol. The predicted molar refractivity (Wildman–Crippen MR) is 153 cm³/mol. The van der Waals surface area contributed by atoms with E-state index in [1.165, 1.54) is 25.5 Å². The molecule has 3 fully saturated rings. The molecule has 0 heterocycles. The molecule has 4 rings (SSSR count). The van der Waals surface area contributed by atoms with Crippen molar-refractivity contribution in [1.82, 2.24) is 0 Å². The number of hydrogen-bond acceptors (Lipinski definition) is 6. The Labute approximate surface area is 246 Å². The molecule has 1 N–H and O–H groups in total. The van der Waals surface area contributed by atoms with E-state index in [0.29, 0.717) is 18.2 Å². The van der Waals surface area contributed by atoms with Gasteiger partial charge < -0.3 is 9.84 Å². The zero-order valence-electron chi connectivity index (χ0n) is 24.7. The molecule has 0 amide bonds. The number of halogens is 3. The van der Waals surface area contributed by atoms with E-state index >= 15 is 8.78 Å². The second-order valence-corrected chi connectivity index (χ2v) is 14.0. The zero-order valence-corrected chi connectivity index (χ0v) is 25.5. The van der Waals surface area contributed by atoms with Crippen molar-refractivity contribution in [3.63, 3.8) is 0 Å². The number of aliphatic hydroxyl groups is 1. The number of allylic oxidation sites excluding steroid dienone is 4. The second-order valence-electron chi connectivity index (χ2n) is 13.1. The summed E-state index contributed by atoms with van der Waals surface area (Å²) in [6, 6.07) is -1.01. The molecule has 0 aromatic heterocycles. The smallest absolute Gasteiger partial charge is 0.306 e. The molecular formula is C32H45F3O5S. The number of ketones is 1. The standard InChI is InChI=1S/C32H45F3O5S/c1-5-6-7-8-9-10-11-12-27(38)40-32(28(39)41-19-33)20(2)15-22-23-17-25(34)24-16-21(36)13-14-29(24,3)31(23,35)26(37)18-30(22,32)4/h13-14,16,20,22-23,25-26,37H,5-12,15,17-19H2,1-4H3/t20-,22+,23+,25+,26+,29+,30+,31+,32+/m1/s1. The third-order valence-corrected chi connectivity index (χ3v) is 11.6. The number of fused-ring (bicyclic) bond motifs is 5. The lowest BCUT2D eigenvalue weighted by atomic mass is 9.44. The maximum Gasteiger partial charge on any atom is 0.306 e. The third kappa shape index (κ3) is 5.04. The highest BCUT2D eigenvalue weighted by molar-refractivity contribution is 8.13. The first-order valence-electron chi connectivity index (χ1n) is 15.2. The number of esters is 1. The summed E-state index contributed by atoms with van der Waals surface area (Å²) in [6.45, 7) is 7.12. The number of alkyl halides is 3. The lowest BCUT2D eigenvalue weighted by molar-refractivity contribution is -0.228. The van der Waals surface area contributed by atoms with Gasteiger partial charge in [0.1, 0.15) is 12.2 Å². The van der Waals surface area contributed by atoms with Gasteiger partial charge in [-0.25, -0.2) is 13.2 Å². The van der Waals surface area contributed by atoms with Crippen LogP contribution in [-0.2, 0) is 19.1 Å². The summed E-state index contributed by atoms with van der Waals surface area (Å²) in [5.41, 5.74) is -6.86. The number of aliphatic hydroxyl groups excluding tert-OH is 1. The average Bonchev–Trinajstić information content (AvgIpc) is 3.13. The molecule has 4 aliphatic carbocycles. The van der Waals surface area contributed by atoms with Crippen molar-refractivity contribution in [2.24, 2.45) is 28.6 Å². The minimum atomic E-state index is -2.31. The van der Waals surface area contributed by atoms with Gasteiger partial charge in [0.15, 0.2) is 17.1 Å². The molecule has 0 aliphatic heterocycles. The second kappa shape index (κ2) is 12.2. The molecule has 41 heavy (non-hydrogen) atoms. The highest BCUT2D eigenvalue weighted by atomic mass is 32.2. The van der Waals surface area contributed by atoms with Crippen LogP contribution in [-0.4, -0.2) is 51.5 Å². The fraction of sp³-hybridized carbons (Fsp3) is 0.781. The van der Waals surface area contributed by atoms with E-state index in [-0.39, 0.29) is 31.3 Å². The van der Waals surface area contributed by atoms with Crippen molar-refractivity contribution in [2.45, 2.75) is 122 Å². The summed E-state index contributed by atoms with van der Waals surface area (Å²) >= 11 is 0.425. The molecule has 9 atom stereocenters. The number of ether oxygens (including phenoxy) is 1. The fourth-order valence-electron chi connectivity index (χ4n) is 8.83. The highest BCUT2D eigenvalue weighted by Gasteiger charge is 2.78. The van der Waals surface area contributed by atoms with Crippen molar-refractivity contribution in [3.8, 4) is 0 Å². The number of rotatable bonds is 11. The number of carbonyl (C=O) groups is 3. The Bertz CT molecular complexity index is 1100.